The van der Waals surface area contributed by atoms with Crippen LogP contribution < -0.4 is 5.32 Å². The number of rotatable bonds is 5. The quantitative estimate of drug-likeness (QED) is 0.519. The van der Waals surface area contributed by atoms with E-state index in [1.165, 1.54) is 12.8 Å². The maximum Gasteiger partial charge on any atom is 0.246 e. The Kier molecular flexibility index (Phi) is 6.83. The molecule has 2 fully saturated rings. The average Bonchev–Trinajstić information content (AvgIpc) is 3.30. The topological polar surface area (TPSA) is 77.2 Å². The molecule has 0 radical (unpaired) electrons. The second-order valence-electron chi connectivity index (χ2n) is 9.16. The van der Waals surface area contributed by atoms with Crippen LogP contribution in [0, 0.1) is 0 Å². The van der Waals surface area contributed by atoms with Gasteiger partial charge >= 0.3 is 0 Å². The van der Waals surface area contributed by atoms with Gasteiger partial charge in [-0.3, -0.25) is 9.69 Å². The average molecular weight is 479 g/mol. The van der Waals surface area contributed by atoms with Gasteiger partial charge < -0.3 is 15.2 Å². The van der Waals surface area contributed by atoms with Crippen molar-refractivity contribution in [2.75, 3.05) is 31.5 Å². The van der Waals surface area contributed by atoms with E-state index in [0.29, 0.717) is 23.1 Å². The van der Waals surface area contributed by atoms with E-state index in [0.717, 1.165) is 61.2 Å². The van der Waals surface area contributed by atoms with Crippen LogP contribution in [0.5, 0.6) is 0 Å². The molecule has 34 heavy (non-hydrogen) atoms. The van der Waals surface area contributed by atoms with Gasteiger partial charge in [-0.2, -0.15) is 0 Å². The van der Waals surface area contributed by atoms with Gasteiger partial charge in [0, 0.05) is 60.9 Å². The number of carbonyl (C=O) groups excluding carboxylic acids is 1. The van der Waals surface area contributed by atoms with Crippen LogP contribution in [0.2, 0.25) is 5.02 Å². The van der Waals surface area contributed by atoms with Crippen LogP contribution in [0.25, 0.3) is 22.2 Å². The molecule has 5 rings (SSSR count). The molecule has 2 aliphatic rings. The summed E-state index contributed by atoms with van der Waals surface area (Å²) in [6.07, 6.45) is 11.6. The number of anilines is 1. The Morgan fingerprint density at radius 3 is 2.85 bits per heavy atom. The molecule has 3 heterocycles. The van der Waals surface area contributed by atoms with Gasteiger partial charge in [0.2, 0.25) is 11.9 Å². The Morgan fingerprint density at radius 1 is 1.21 bits per heavy atom. The lowest BCUT2D eigenvalue weighted by molar-refractivity contribution is -0.128. The van der Waals surface area contributed by atoms with Crippen molar-refractivity contribution >= 4 is 34.4 Å². The van der Waals surface area contributed by atoms with Gasteiger partial charge in [-0.05, 0) is 44.7 Å². The number of amides is 1. The highest BCUT2D eigenvalue weighted by molar-refractivity contribution is 6.33. The van der Waals surface area contributed by atoms with E-state index < -0.39 is 0 Å². The summed E-state index contributed by atoms with van der Waals surface area (Å²) in [7, 11) is 0. The molecule has 2 aromatic heterocycles. The summed E-state index contributed by atoms with van der Waals surface area (Å²) < 4.78 is 0. The molecule has 1 saturated carbocycles. The molecule has 1 saturated heterocycles. The van der Waals surface area contributed by atoms with Crippen molar-refractivity contribution in [1.29, 1.82) is 0 Å². The summed E-state index contributed by atoms with van der Waals surface area (Å²) in [5.41, 5.74) is 2.79. The summed E-state index contributed by atoms with van der Waals surface area (Å²) in [4.78, 5) is 29.2. The molecule has 7 nitrogen and oxygen atoms in total. The highest BCUT2D eigenvalue weighted by atomic mass is 35.5. The molecule has 1 aliphatic heterocycles. The summed E-state index contributed by atoms with van der Waals surface area (Å²) in [5.74, 6) is 0.744. The van der Waals surface area contributed by atoms with Crippen molar-refractivity contribution in [2.45, 2.75) is 44.7 Å². The fourth-order valence-electron chi connectivity index (χ4n) is 5.26. The third-order valence-corrected chi connectivity index (χ3v) is 7.30. The molecule has 3 aromatic rings. The lowest BCUT2D eigenvalue weighted by Gasteiger charge is -2.42. The number of halogens is 1. The molecule has 1 unspecified atom stereocenters. The molecule has 1 aliphatic carbocycles. The lowest BCUT2D eigenvalue weighted by Crippen LogP contribution is -2.53. The first-order valence-corrected chi connectivity index (χ1v) is 12.5. The largest absolute Gasteiger partial charge is 0.360 e. The van der Waals surface area contributed by atoms with Crippen molar-refractivity contribution in [2.24, 2.45) is 0 Å². The van der Waals surface area contributed by atoms with Gasteiger partial charge in [0.25, 0.3) is 0 Å². The number of nitrogens with one attached hydrogen (secondary N) is 2. The number of hydrogen-bond donors (Lipinski definition) is 2. The number of aromatic amines is 1. The zero-order valence-corrected chi connectivity index (χ0v) is 20.3. The van der Waals surface area contributed by atoms with Gasteiger partial charge in [0.15, 0.2) is 0 Å². The summed E-state index contributed by atoms with van der Waals surface area (Å²) in [6, 6.07) is 8.99. The molecule has 0 spiro atoms. The third-order valence-electron chi connectivity index (χ3n) is 7.02. The van der Waals surface area contributed by atoms with E-state index in [2.05, 4.69) is 26.3 Å². The van der Waals surface area contributed by atoms with Crippen molar-refractivity contribution in [3.8, 4) is 11.3 Å². The van der Waals surface area contributed by atoms with Crippen LogP contribution in [0.1, 0.15) is 32.6 Å². The number of piperazine rings is 1. The molecular formula is C26H31ClN6O. The first kappa shape index (κ1) is 22.9. The fourth-order valence-corrected chi connectivity index (χ4v) is 5.45. The van der Waals surface area contributed by atoms with E-state index in [4.69, 9.17) is 16.6 Å². The number of H-pyrrole nitrogens is 1. The van der Waals surface area contributed by atoms with Crippen LogP contribution >= 0.6 is 11.6 Å². The second kappa shape index (κ2) is 10.2. The molecular weight excluding hydrogens is 448 g/mol. The summed E-state index contributed by atoms with van der Waals surface area (Å²) in [6.45, 7) is 5.35. The zero-order valence-electron chi connectivity index (χ0n) is 19.5. The Hall–Kier alpha value is -2.90. The highest BCUT2D eigenvalue weighted by Crippen LogP contribution is 2.33. The molecule has 0 bridgehead atoms. The molecule has 1 amide bonds. The first-order valence-electron chi connectivity index (χ1n) is 12.1. The molecule has 1 aromatic carbocycles. The van der Waals surface area contributed by atoms with Gasteiger partial charge in [-0.25, -0.2) is 9.97 Å². The van der Waals surface area contributed by atoms with Crippen molar-refractivity contribution in [3.05, 3.63) is 53.8 Å². The van der Waals surface area contributed by atoms with Crippen LogP contribution in [-0.2, 0) is 4.79 Å². The van der Waals surface area contributed by atoms with Gasteiger partial charge in [0.1, 0.15) is 0 Å². The van der Waals surface area contributed by atoms with Crippen molar-refractivity contribution < 1.29 is 4.79 Å². The lowest BCUT2D eigenvalue weighted by atomic mass is 9.89. The van der Waals surface area contributed by atoms with E-state index in [1.807, 2.05) is 42.3 Å². The smallest absolute Gasteiger partial charge is 0.246 e. The predicted octanol–water partition coefficient (Wildman–Crippen LogP) is 4.72. The van der Waals surface area contributed by atoms with Crippen LogP contribution in [0.3, 0.4) is 0 Å². The highest BCUT2D eigenvalue weighted by Gasteiger charge is 2.30. The Labute approximate surface area is 205 Å². The second-order valence-corrected chi connectivity index (χ2v) is 9.57. The molecule has 178 valence electrons. The van der Waals surface area contributed by atoms with Gasteiger partial charge in [-0.15, -0.1) is 0 Å². The maximum atomic E-state index is 12.1. The number of nitrogens with zero attached hydrogens (tertiary/aromatic N) is 4. The summed E-state index contributed by atoms with van der Waals surface area (Å²) in [5, 5.41) is 5.22. The maximum absolute atomic E-state index is 12.1. The first-order chi connectivity index (χ1) is 16.6. The minimum atomic E-state index is 0.122. The molecule has 8 heteroatoms. The SMILES string of the molecule is C/C=C/C(=O)N1CCN(C2CCC[C@@H](Nc3ncc(Cl)c(-c4c[nH]c5ccccc45)n3)C2)CC1. The van der Waals surface area contributed by atoms with Crippen molar-refractivity contribution in [1.82, 2.24) is 24.8 Å². The van der Waals surface area contributed by atoms with Crippen LogP contribution in [0.4, 0.5) is 5.95 Å². The number of hydrogen-bond acceptors (Lipinski definition) is 5. The van der Waals surface area contributed by atoms with E-state index in [9.17, 15) is 4.79 Å². The van der Waals surface area contributed by atoms with E-state index in [-0.39, 0.29) is 5.91 Å². The van der Waals surface area contributed by atoms with Crippen LogP contribution in [0.15, 0.2) is 48.8 Å². The standard InChI is InChI=1S/C26H31ClN6O/c1-2-6-24(34)33-13-11-32(12-14-33)19-8-5-7-18(15-19)30-26-29-17-22(27)25(31-26)21-16-28-23-10-4-3-9-20(21)23/h2-4,6,9-10,16-19,28H,5,7-8,11-15H2,1H3,(H,29,30,31)/b6-2+/t18-,19?/m1/s1. The number of benzene rings is 1. The Morgan fingerprint density at radius 2 is 2.03 bits per heavy atom. The number of carbonyl (C=O) groups is 1. The fraction of sp³-hybridized carbons (Fsp3) is 0.423. The normalized spacial score (nSPS) is 21.9. The molecule has 2 atom stereocenters. The van der Waals surface area contributed by atoms with E-state index >= 15 is 0 Å². The zero-order chi connectivity index (χ0) is 23.5. The number of allylic oxidation sites excluding steroid dienone is 1. The van der Waals surface area contributed by atoms with Gasteiger partial charge in [-0.1, -0.05) is 35.9 Å². The van der Waals surface area contributed by atoms with Gasteiger partial charge in [0.05, 0.1) is 16.9 Å². The van der Waals surface area contributed by atoms with Crippen LogP contribution in [-0.4, -0.2) is 68.9 Å². The minimum Gasteiger partial charge on any atom is -0.360 e. The van der Waals surface area contributed by atoms with Crippen molar-refractivity contribution in [3.63, 3.8) is 0 Å². The Bertz CT molecular complexity index is 1180. The minimum absolute atomic E-state index is 0.122. The number of aromatic nitrogens is 3. The predicted molar refractivity (Wildman–Crippen MR) is 137 cm³/mol. The van der Waals surface area contributed by atoms with E-state index in [1.54, 1.807) is 12.3 Å². The number of para-hydroxylation sites is 1. The Balaban J connectivity index is 1.25. The summed E-state index contributed by atoms with van der Waals surface area (Å²) >= 11 is 6.50. The third kappa shape index (κ3) is 4.81. The number of fused-ring (bicyclic) bond motifs is 1. The molecule has 2 N–H and O–H groups in total. The monoisotopic (exact) mass is 478 g/mol.